The van der Waals surface area contributed by atoms with Crippen molar-refractivity contribution in [3.63, 3.8) is 0 Å². The summed E-state index contributed by atoms with van der Waals surface area (Å²) in [5.41, 5.74) is -0.198. The minimum atomic E-state index is -4.35. The predicted molar refractivity (Wildman–Crippen MR) is 123 cm³/mol. The van der Waals surface area contributed by atoms with Crippen molar-refractivity contribution >= 4 is 35.1 Å². The molecule has 3 aromatic rings. The Balaban J connectivity index is 2.35. The van der Waals surface area contributed by atoms with Gasteiger partial charge < -0.3 is 14.0 Å². The Morgan fingerprint density at radius 2 is 1.35 bits per heavy atom. The molecular formula is C24H22ClO5P. The molecule has 0 saturated heterocycles. The molecule has 0 fully saturated rings. The average Bonchev–Trinajstić information content (AvgIpc) is 2.78. The molecule has 0 bridgehead atoms. The van der Waals surface area contributed by atoms with E-state index in [-0.39, 0.29) is 33.0 Å². The van der Waals surface area contributed by atoms with E-state index >= 15 is 0 Å². The zero-order valence-corrected chi connectivity index (χ0v) is 19.3. The van der Waals surface area contributed by atoms with Crippen LogP contribution in [0.3, 0.4) is 0 Å². The first kappa shape index (κ1) is 22.8. The molecule has 1 atom stereocenters. The maximum absolute atomic E-state index is 14.5. The monoisotopic (exact) mass is 456 g/mol. The van der Waals surface area contributed by atoms with Crippen molar-refractivity contribution in [3.05, 3.63) is 87.9 Å². The number of carbonyl (C=O) groups excluding carboxylic acids is 2. The van der Waals surface area contributed by atoms with Crippen molar-refractivity contribution in [2.24, 2.45) is 0 Å². The highest BCUT2D eigenvalue weighted by molar-refractivity contribution is 8.01. The van der Waals surface area contributed by atoms with Crippen LogP contribution in [-0.2, 0) is 4.57 Å². The van der Waals surface area contributed by atoms with Crippen molar-refractivity contribution < 1.29 is 23.6 Å². The third-order valence-electron chi connectivity index (χ3n) is 5.10. The van der Waals surface area contributed by atoms with Gasteiger partial charge in [0.2, 0.25) is 18.2 Å². The van der Waals surface area contributed by atoms with E-state index in [2.05, 4.69) is 0 Å². The van der Waals surface area contributed by atoms with Crippen molar-refractivity contribution in [2.45, 2.75) is 13.8 Å². The molecule has 3 rings (SSSR count). The summed E-state index contributed by atoms with van der Waals surface area (Å²) in [7, 11) is -1.63. The Morgan fingerprint density at radius 3 is 1.90 bits per heavy atom. The number of hydrogen-bond acceptors (Lipinski definition) is 5. The van der Waals surface area contributed by atoms with Crippen molar-refractivity contribution in [2.75, 3.05) is 14.2 Å². The third kappa shape index (κ3) is 3.91. The van der Waals surface area contributed by atoms with E-state index in [9.17, 15) is 14.2 Å². The van der Waals surface area contributed by atoms with Gasteiger partial charge in [0.05, 0.1) is 19.2 Å². The van der Waals surface area contributed by atoms with Gasteiger partial charge in [0, 0.05) is 10.9 Å². The Hall–Kier alpha value is -2.88. The second-order valence-electron chi connectivity index (χ2n) is 6.98. The molecule has 0 aliphatic heterocycles. The number of carbonyl (C=O) groups is 2. The molecule has 0 aliphatic rings. The van der Waals surface area contributed by atoms with Crippen LogP contribution in [0, 0.1) is 13.8 Å². The molecule has 5 nitrogen and oxygen atoms in total. The van der Waals surface area contributed by atoms with E-state index in [0.29, 0.717) is 11.1 Å². The quantitative estimate of drug-likeness (QED) is 0.430. The Kier molecular flexibility index (Phi) is 6.68. The molecule has 0 spiro atoms. The Labute approximate surface area is 186 Å². The first-order chi connectivity index (χ1) is 14.8. The topological polar surface area (TPSA) is 69.7 Å². The molecule has 0 heterocycles. The van der Waals surface area contributed by atoms with Gasteiger partial charge >= 0.3 is 0 Å². The van der Waals surface area contributed by atoms with Crippen molar-refractivity contribution in [1.82, 2.24) is 0 Å². The number of aryl methyl sites for hydroxylation is 2. The third-order valence-corrected chi connectivity index (χ3v) is 8.01. The molecule has 0 N–H and O–H groups in total. The van der Waals surface area contributed by atoms with E-state index < -0.39 is 18.2 Å². The molecule has 7 heteroatoms. The molecule has 0 aromatic heterocycles. The molecule has 0 amide bonds. The maximum Gasteiger partial charge on any atom is 0.249 e. The van der Waals surface area contributed by atoms with Gasteiger partial charge in [-0.05, 0) is 37.1 Å². The van der Waals surface area contributed by atoms with Crippen LogP contribution in [0.15, 0.2) is 60.7 Å². The van der Waals surface area contributed by atoms with Gasteiger partial charge in [0.15, 0.2) is 5.75 Å². The second kappa shape index (κ2) is 9.09. The van der Waals surface area contributed by atoms with Gasteiger partial charge in [0.1, 0.15) is 11.3 Å². The van der Waals surface area contributed by atoms with Gasteiger partial charge in [-0.25, -0.2) is 0 Å². The molecule has 1 unspecified atom stereocenters. The van der Waals surface area contributed by atoms with E-state index in [1.54, 1.807) is 50.2 Å². The smallest absolute Gasteiger partial charge is 0.249 e. The average molecular weight is 457 g/mol. The largest absolute Gasteiger partial charge is 0.496 e. The summed E-state index contributed by atoms with van der Waals surface area (Å²) in [4.78, 5) is 27.7. The lowest BCUT2D eigenvalue weighted by molar-refractivity contribution is 0.103. The normalized spacial score (nSPS) is 12.7. The lowest BCUT2D eigenvalue weighted by atomic mass is 10.0. The van der Waals surface area contributed by atoms with E-state index in [1.165, 1.54) is 38.5 Å². The zero-order chi connectivity index (χ0) is 22.8. The summed E-state index contributed by atoms with van der Waals surface area (Å²) < 4.78 is 25.2. The fraction of sp³-hybridized carbons (Fsp3) is 0.167. The molecule has 3 aromatic carbocycles. The number of methoxy groups -OCH3 is 2. The number of ether oxygens (including phenoxy) is 2. The van der Waals surface area contributed by atoms with Gasteiger partial charge in [-0.2, -0.15) is 0 Å². The number of halogens is 1. The number of benzene rings is 3. The van der Waals surface area contributed by atoms with Gasteiger partial charge in [-0.1, -0.05) is 60.1 Å². The van der Waals surface area contributed by atoms with Crippen LogP contribution in [0.5, 0.6) is 11.5 Å². The summed E-state index contributed by atoms with van der Waals surface area (Å²) in [6.07, 6.45) is 0. The van der Waals surface area contributed by atoms with Crippen LogP contribution in [0.25, 0.3) is 0 Å². The first-order valence-corrected chi connectivity index (χ1v) is 11.6. The Bertz CT molecular complexity index is 1180. The van der Waals surface area contributed by atoms with Gasteiger partial charge in [0.25, 0.3) is 0 Å². The van der Waals surface area contributed by atoms with E-state index in [4.69, 9.17) is 21.1 Å². The fourth-order valence-electron chi connectivity index (χ4n) is 3.54. The molecule has 0 saturated carbocycles. The highest BCUT2D eigenvalue weighted by Crippen LogP contribution is 2.55. The predicted octanol–water partition coefficient (Wildman–Crippen LogP) is 5.64. The van der Waals surface area contributed by atoms with Crippen LogP contribution in [0.1, 0.15) is 31.8 Å². The molecule has 160 valence electrons. The van der Waals surface area contributed by atoms with E-state index in [1.807, 2.05) is 0 Å². The maximum atomic E-state index is 14.5. The number of rotatable bonds is 7. The van der Waals surface area contributed by atoms with Gasteiger partial charge in [-0.15, -0.1) is 0 Å². The van der Waals surface area contributed by atoms with Crippen LogP contribution >= 0.6 is 18.7 Å². The van der Waals surface area contributed by atoms with Crippen LogP contribution < -0.4 is 14.8 Å². The molecule has 31 heavy (non-hydrogen) atoms. The van der Waals surface area contributed by atoms with Crippen molar-refractivity contribution in [3.8, 4) is 11.5 Å². The van der Waals surface area contributed by atoms with E-state index in [0.717, 1.165) is 0 Å². The minimum Gasteiger partial charge on any atom is -0.496 e. The highest BCUT2D eigenvalue weighted by Gasteiger charge is 2.46. The van der Waals surface area contributed by atoms with Gasteiger partial charge in [-0.3, -0.25) is 9.59 Å². The summed E-state index contributed by atoms with van der Waals surface area (Å²) >= 11 is 6.24. The van der Waals surface area contributed by atoms with Crippen LogP contribution in [0.4, 0.5) is 0 Å². The number of hydrogen-bond donors (Lipinski definition) is 0. The standard InChI is InChI=1S/C24H22ClO5P/c1-15-9-8-10-16(2)20(15)23(26)31(28,17-11-6-5-7-12-17)24(27)21-19(29-3)14-13-18(25)22(21)30-4/h5-14H,1-4H3. The zero-order valence-electron chi connectivity index (χ0n) is 17.6. The second-order valence-corrected chi connectivity index (χ2v) is 9.93. The fourth-order valence-corrected chi connectivity index (χ4v) is 6.22. The molecule has 0 aliphatic carbocycles. The lowest BCUT2D eigenvalue weighted by Gasteiger charge is -2.21. The summed E-state index contributed by atoms with van der Waals surface area (Å²) in [5, 5.41) is 0.280. The minimum absolute atomic E-state index is 0.0106. The molecular weight excluding hydrogens is 435 g/mol. The SMILES string of the molecule is COc1ccc(Cl)c(OC)c1C(=O)P(=O)(C(=O)c1c(C)cccc1C)c1ccccc1. The summed E-state index contributed by atoms with van der Waals surface area (Å²) in [6.45, 7) is 3.50. The lowest BCUT2D eigenvalue weighted by Crippen LogP contribution is -2.22. The highest BCUT2D eigenvalue weighted by atomic mass is 35.5. The first-order valence-electron chi connectivity index (χ1n) is 9.49. The Morgan fingerprint density at radius 1 is 0.774 bits per heavy atom. The summed E-state index contributed by atoms with van der Waals surface area (Å²) in [6, 6.07) is 16.3. The van der Waals surface area contributed by atoms with Crippen molar-refractivity contribution in [1.29, 1.82) is 0 Å². The van der Waals surface area contributed by atoms with Crippen LogP contribution in [-0.4, -0.2) is 25.3 Å². The molecule has 0 radical (unpaired) electrons. The van der Waals surface area contributed by atoms with Crippen LogP contribution in [0.2, 0.25) is 5.02 Å². The summed E-state index contributed by atoms with van der Waals surface area (Å²) in [5.74, 6) is 0.133.